The van der Waals surface area contributed by atoms with Crippen molar-refractivity contribution < 1.29 is 28.5 Å². The molecule has 3 aromatic rings. The molecule has 0 fully saturated rings. The molecule has 47 heavy (non-hydrogen) atoms. The summed E-state index contributed by atoms with van der Waals surface area (Å²) in [5.74, 6) is 0.583. The molecule has 0 saturated carbocycles. The molecule has 0 unspecified atom stereocenters. The lowest BCUT2D eigenvalue weighted by atomic mass is 9.95. The summed E-state index contributed by atoms with van der Waals surface area (Å²) < 4.78 is 23.2. The minimum absolute atomic E-state index is 0.219. The molecule has 1 aliphatic rings. The molecule has 0 radical (unpaired) electrons. The van der Waals surface area contributed by atoms with Crippen LogP contribution in [0.25, 0.3) is 0 Å². The van der Waals surface area contributed by atoms with E-state index in [9.17, 15) is 9.59 Å². The van der Waals surface area contributed by atoms with Crippen LogP contribution >= 0.6 is 23.8 Å². The van der Waals surface area contributed by atoms with Gasteiger partial charge in [-0.3, -0.25) is 4.79 Å². The third-order valence-electron chi connectivity index (χ3n) is 6.87. The Morgan fingerprint density at radius 3 is 2.53 bits per heavy atom. The van der Waals surface area contributed by atoms with E-state index in [1.165, 1.54) is 6.21 Å². The zero-order valence-electron chi connectivity index (χ0n) is 26.4. The summed E-state index contributed by atoms with van der Waals surface area (Å²) >= 11 is 11.4. The van der Waals surface area contributed by atoms with E-state index in [1.807, 2.05) is 43.3 Å². The minimum atomic E-state index is -0.637. The van der Waals surface area contributed by atoms with Crippen molar-refractivity contribution in [3.63, 3.8) is 0 Å². The van der Waals surface area contributed by atoms with Crippen LogP contribution in [0.4, 0.5) is 0 Å². The summed E-state index contributed by atoms with van der Waals surface area (Å²) in [6.45, 7) is 9.89. The summed E-state index contributed by atoms with van der Waals surface area (Å²) in [5.41, 5.74) is 6.56. The number of hydrazone groups is 1. The van der Waals surface area contributed by atoms with Crippen LogP contribution in [0.3, 0.4) is 0 Å². The minimum Gasteiger partial charge on any atom is -0.490 e. The van der Waals surface area contributed by atoms with Crippen LogP contribution in [0.2, 0.25) is 5.02 Å². The topological polar surface area (TPSA) is 120 Å². The van der Waals surface area contributed by atoms with Crippen LogP contribution in [-0.4, -0.2) is 43.0 Å². The first-order valence-electron chi connectivity index (χ1n) is 15.0. The van der Waals surface area contributed by atoms with E-state index >= 15 is 0 Å². The molecule has 12 heteroatoms. The van der Waals surface area contributed by atoms with Crippen molar-refractivity contribution in [2.24, 2.45) is 5.10 Å². The van der Waals surface area contributed by atoms with Crippen molar-refractivity contribution in [2.75, 3.05) is 19.8 Å². The van der Waals surface area contributed by atoms with Gasteiger partial charge in [-0.05, 0) is 80.9 Å². The summed E-state index contributed by atoms with van der Waals surface area (Å²) in [4.78, 5) is 25.5. The molecule has 1 atom stereocenters. The first kappa shape index (κ1) is 35.0. The lowest BCUT2D eigenvalue weighted by molar-refractivity contribution is -0.139. The summed E-state index contributed by atoms with van der Waals surface area (Å²) in [6, 6.07) is 17.6. The highest BCUT2D eigenvalue weighted by molar-refractivity contribution is 7.80. The van der Waals surface area contributed by atoms with Gasteiger partial charge in [0.05, 0.1) is 31.0 Å². The van der Waals surface area contributed by atoms with Crippen molar-refractivity contribution in [2.45, 2.75) is 39.8 Å². The van der Waals surface area contributed by atoms with E-state index in [0.29, 0.717) is 69.4 Å². The van der Waals surface area contributed by atoms with Crippen molar-refractivity contribution in [1.82, 2.24) is 16.1 Å². The van der Waals surface area contributed by atoms with Crippen LogP contribution in [0.15, 0.2) is 89.7 Å². The van der Waals surface area contributed by atoms with E-state index in [1.54, 1.807) is 44.2 Å². The van der Waals surface area contributed by atoms with Gasteiger partial charge in [-0.25, -0.2) is 10.2 Å². The molecule has 1 heterocycles. The molecule has 0 saturated heterocycles. The van der Waals surface area contributed by atoms with Crippen LogP contribution in [0, 0.1) is 0 Å². The van der Waals surface area contributed by atoms with E-state index in [0.717, 1.165) is 11.1 Å². The Labute approximate surface area is 284 Å². The van der Waals surface area contributed by atoms with Gasteiger partial charge < -0.3 is 29.6 Å². The Bertz CT molecular complexity index is 1670. The van der Waals surface area contributed by atoms with Crippen LogP contribution < -0.4 is 30.3 Å². The fourth-order valence-corrected chi connectivity index (χ4v) is 5.24. The monoisotopic (exact) mass is 676 g/mol. The predicted octanol–water partition coefficient (Wildman–Crippen LogP) is 5.93. The number of nitrogens with one attached hydrogen (secondary N) is 3. The average molecular weight is 677 g/mol. The van der Waals surface area contributed by atoms with Gasteiger partial charge in [-0.2, -0.15) is 5.10 Å². The molecule has 1 aliphatic heterocycles. The van der Waals surface area contributed by atoms with Gasteiger partial charge in [0.1, 0.15) is 12.4 Å². The maximum Gasteiger partial charge on any atom is 0.338 e. The number of rotatable bonds is 15. The second kappa shape index (κ2) is 17.2. The van der Waals surface area contributed by atoms with E-state index in [-0.39, 0.29) is 13.2 Å². The molecule has 0 bridgehead atoms. The maximum atomic E-state index is 12.8. The first-order valence-corrected chi connectivity index (χ1v) is 15.8. The van der Waals surface area contributed by atoms with Crippen molar-refractivity contribution in [1.29, 1.82) is 0 Å². The Morgan fingerprint density at radius 2 is 1.81 bits per heavy atom. The quantitative estimate of drug-likeness (QED) is 0.0592. The zero-order chi connectivity index (χ0) is 33.8. The van der Waals surface area contributed by atoms with Gasteiger partial charge in [0, 0.05) is 21.8 Å². The third-order valence-corrected chi connectivity index (χ3v) is 7.34. The van der Waals surface area contributed by atoms with Crippen molar-refractivity contribution >= 4 is 47.0 Å². The van der Waals surface area contributed by atoms with E-state index in [2.05, 4.69) is 27.7 Å². The lowest BCUT2D eigenvalue weighted by Crippen LogP contribution is -2.45. The normalized spacial score (nSPS) is 14.2. The number of para-hydroxylation sites is 1. The average Bonchev–Trinajstić information content (AvgIpc) is 3.04. The van der Waals surface area contributed by atoms with Crippen LogP contribution in [-0.2, 0) is 27.4 Å². The molecular weight excluding hydrogens is 640 g/mol. The summed E-state index contributed by atoms with van der Waals surface area (Å²) in [5, 5.41) is 11.2. The van der Waals surface area contributed by atoms with Crippen LogP contribution in [0.1, 0.15) is 49.1 Å². The summed E-state index contributed by atoms with van der Waals surface area (Å²) in [7, 11) is 0. The van der Waals surface area contributed by atoms with Gasteiger partial charge >= 0.3 is 5.97 Å². The number of allylic oxidation sites excluding steroid dienone is 2. The number of hydrogen-bond donors (Lipinski definition) is 3. The second-order valence-corrected chi connectivity index (χ2v) is 11.1. The Morgan fingerprint density at radius 1 is 1.04 bits per heavy atom. The highest BCUT2D eigenvalue weighted by Gasteiger charge is 2.32. The zero-order valence-corrected chi connectivity index (χ0v) is 28.0. The van der Waals surface area contributed by atoms with Gasteiger partial charge in [-0.1, -0.05) is 48.0 Å². The predicted molar refractivity (Wildman–Crippen MR) is 186 cm³/mol. The van der Waals surface area contributed by atoms with Crippen molar-refractivity contribution in [3.8, 4) is 17.2 Å². The number of carbonyl (C=O) groups is 2. The Hall–Kier alpha value is -4.87. The number of halogens is 1. The van der Waals surface area contributed by atoms with Crippen LogP contribution in [0.5, 0.6) is 17.2 Å². The number of ether oxygens (including phenoxy) is 4. The molecule has 3 N–H and O–H groups in total. The molecule has 0 aliphatic carbocycles. The molecule has 1 amide bonds. The molecule has 0 aromatic heterocycles. The SMILES string of the molecule is C=CCc1cc(C=NNC(=O)COc2ccccc2[C@@H]2NC(=S)NC(C)=C2C(=O)OCC)cc(OCC)c1OCc1ccc(Cl)cc1. The highest BCUT2D eigenvalue weighted by Crippen LogP contribution is 2.35. The number of amides is 1. The van der Waals surface area contributed by atoms with E-state index < -0.39 is 17.9 Å². The smallest absolute Gasteiger partial charge is 0.338 e. The number of benzene rings is 3. The number of esters is 1. The van der Waals surface area contributed by atoms with E-state index in [4.69, 9.17) is 42.8 Å². The maximum absolute atomic E-state index is 12.8. The lowest BCUT2D eigenvalue weighted by Gasteiger charge is -2.30. The summed E-state index contributed by atoms with van der Waals surface area (Å²) in [6.07, 6.45) is 3.82. The molecule has 246 valence electrons. The van der Waals surface area contributed by atoms with Crippen molar-refractivity contribution in [3.05, 3.63) is 112 Å². The second-order valence-electron chi connectivity index (χ2n) is 10.3. The van der Waals surface area contributed by atoms with Gasteiger partial charge in [-0.15, -0.1) is 6.58 Å². The largest absolute Gasteiger partial charge is 0.490 e. The number of thiocarbonyl (C=S) groups is 1. The highest BCUT2D eigenvalue weighted by atomic mass is 35.5. The number of nitrogens with zero attached hydrogens (tertiary/aromatic N) is 1. The first-order chi connectivity index (χ1) is 22.7. The fourth-order valence-electron chi connectivity index (χ4n) is 4.84. The molecule has 10 nitrogen and oxygen atoms in total. The van der Waals surface area contributed by atoms with Gasteiger partial charge in [0.2, 0.25) is 0 Å². The molecule has 3 aromatic carbocycles. The number of hydrogen-bond acceptors (Lipinski definition) is 8. The Kier molecular flexibility index (Phi) is 12.8. The fraction of sp³-hybridized carbons (Fsp3) is 0.257. The molecular formula is C35H37ClN4O6S. The molecule has 0 spiro atoms. The molecule has 4 rings (SSSR count). The number of carbonyl (C=O) groups excluding carboxylic acids is 2. The standard InChI is InChI=1S/C35H37ClN4O6S/c1-5-10-25-17-24(18-29(43-6-2)33(25)46-20-23-13-15-26(36)16-14-23)19-37-40-30(41)21-45-28-12-9-8-11-27(28)32-31(34(42)44-7-3)22(4)38-35(47)39-32/h5,8-9,11-19,32H,1,6-7,10,20-21H2,2-4H3,(H,40,41)(H2,38,39,47)/t32-/m0/s1. The van der Waals surface area contributed by atoms with Gasteiger partial charge in [0.15, 0.2) is 23.2 Å². The van der Waals surface area contributed by atoms with Gasteiger partial charge in [0.25, 0.3) is 5.91 Å². The Balaban J connectivity index is 1.45. The third kappa shape index (κ3) is 9.57.